The van der Waals surface area contributed by atoms with Crippen molar-refractivity contribution < 1.29 is 0 Å². The Morgan fingerprint density at radius 3 is 2.80 bits per heavy atom. The van der Waals surface area contributed by atoms with E-state index < -0.39 is 0 Å². The predicted octanol–water partition coefficient (Wildman–Crippen LogP) is 2.63. The van der Waals surface area contributed by atoms with E-state index in [4.69, 9.17) is 23.2 Å². The summed E-state index contributed by atoms with van der Waals surface area (Å²) in [7, 11) is 0. The second kappa shape index (κ2) is 3.94. The minimum Gasteiger partial charge on any atom is -0.239 e. The molecule has 6 heteroatoms. The molecule has 0 saturated carbocycles. The molecule has 2 heterocycles. The average molecular weight is 245 g/mol. The molecule has 2 aromatic heterocycles. The van der Waals surface area contributed by atoms with E-state index >= 15 is 0 Å². The SMILES string of the molecule is CC(C)Cc1ncc2c(Cl)nc(Cl)nn12. The number of hydrogen-bond donors (Lipinski definition) is 0. The van der Waals surface area contributed by atoms with Gasteiger partial charge in [0.2, 0.25) is 5.28 Å². The number of nitrogens with zero attached hydrogens (tertiary/aromatic N) is 4. The fourth-order valence-corrected chi connectivity index (χ4v) is 1.80. The lowest BCUT2D eigenvalue weighted by Crippen LogP contribution is -2.04. The Morgan fingerprint density at radius 1 is 1.40 bits per heavy atom. The number of imidazole rings is 1. The highest BCUT2D eigenvalue weighted by molar-refractivity contribution is 6.34. The molecular formula is C9H10Cl2N4. The summed E-state index contributed by atoms with van der Waals surface area (Å²) >= 11 is 11.6. The van der Waals surface area contributed by atoms with Crippen LogP contribution in [0.25, 0.3) is 5.52 Å². The van der Waals surface area contributed by atoms with Crippen molar-refractivity contribution in [2.45, 2.75) is 20.3 Å². The van der Waals surface area contributed by atoms with Gasteiger partial charge in [-0.3, -0.25) is 0 Å². The van der Waals surface area contributed by atoms with Crippen LogP contribution in [0.5, 0.6) is 0 Å². The molecule has 15 heavy (non-hydrogen) atoms. The van der Waals surface area contributed by atoms with Crippen molar-refractivity contribution in [3.8, 4) is 0 Å². The second-order valence-corrected chi connectivity index (χ2v) is 4.44. The van der Waals surface area contributed by atoms with E-state index in [0.29, 0.717) is 16.6 Å². The number of rotatable bonds is 2. The molecule has 2 aromatic rings. The number of fused-ring (bicyclic) bond motifs is 1. The van der Waals surface area contributed by atoms with Gasteiger partial charge in [0.1, 0.15) is 11.3 Å². The van der Waals surface area contributed by atoms with E-state index in [-0.39, 0.29) is 5.28 Å². The summed E-state index contributed by atoms with van der Waals surface area (Å²) < 4.78 is 1.65. The van der Waals surface area contributed by atoms with Gasteiger partial charge in [-0.05, 0) is 17.5 Å². The van der Waals surface area contributed by atoms with E-state index in [2.05, 4.69) is 28.9 Å². The van der Waals surface area contributed by atoms with Gasteiger partial charge in [-0.25, -0.2) is 14.5 Å². The van der Waals surface area contributed by atoms with Gasteiger partial charge in [-0.1, -0.05) is 25.4 Å². The summed E-state index contributed by atoms with van der Waals surface area (Å²) in [6, 6.07) is 0. The van der Waals surface area contributed by atoms with Crippen molar-refractivity contribution in [2.75, 3.05) is 0 Å². The van der Waals surface area contributed by atoms with Crippen LogP contribution in [0.2, 0.25) is 10.4 Å². The predicted molar refractivity (Wildman–Crippen MR) is 59.3 cm³/mol. The summed E-state index contributed by atoms with van der Waals surface area (Å²) in [6.07, 6.45) is 2.49. The van der Waals surface area contributed by atoms with Crippen molar-refractivity contribution in [1.82, 2.24) is 19.6 Å². The Balaban J connectivity index is 2.58. The highest BCUT2D eigenvalue weighted by atomic mass is 35.5. The molecule has 0 atom stereocenters. The van der Waals surface area contributed by atoms with E-state index in [0.717, 1.165) is 12.2 Å². The summed E-state index contributed by atoms with van der Waals surface area (Å²) in [5, 5.41) is 4.54. The number of aromatic nitrogens is 4. The lowest BCUT2D eigenvalue weighted by molar-refractivity contribution is 0.607. The summed E-state index contributed by atoms with van der Waals surface area (Å²) in [5.74, 6) is 1.36. The largest absolute Gasteiger partial charge is 0.242 e. The Hall–Kier alpha value is -0.870. The van der Waals surface area contributed by atoms with Gasteiger partial charge in [-0.2, -0.15) is 0 Å². The standard InChI is InChI=1S/C9H10Cl2N4/c1-5(2)3-7-12-4-6-8(10)13-9(11)14-15(6)7/h4-5H,3H2,1-2H3. The van der Waals surface area contributed by atoms with Crippen LogP contribution in [0.3, 0.4) is 0 Å². The average Bonchev–Trinajstić information content (AvgIpc) is 2.48. The molecule has 0 aliphatic carbocycles. The number of halogens is 2. The Labute approximate surface area is 97.2 Å². The first kappa shape index (κ1) is 10.6. The van der Waals surface area contributed by atoms with E-state index in [1.54, 1.807) is 10.7 Å². The van der Waals surface area contributed by atoms with Crippen LogP contribution < -0.4 is 0 Å². The van der Waals surface area contributed by atoms with Crippen molar-refractivity contribution in [3.05, 3.63) is 22.5 Å². The van der Waals surface area contributed by atoms with Gasteiger partial charge < -0.3 is 0 Å². The Kier molecular flexibility index (Phi) is 2.80. The Bertz CT molecular complexity index is 492. The van der Waals surface area contributed by atoms with Crippen LogP contribution in [0.4, 0.5) is 0 Å². The lowest BCUT2D eigenvalue weighted by atomic mass is 10.1. The third kappa shape index (κ3) is 2.06. The van der Waals surface area contributed by atoms with Gasteiger partial charge in [0, 0.05) is 6.42 Å². The highest BCUT2D eigenvalue weighted by Gasteiger charge is 2.11. The summed E-state index contributed by atoms with van der Waals surface area (Å²) in [5.41, 5.74) is 0.691. The third-order valence-corrected chi connectivity index (χ3v) is 2.42. The Morgan fingerprint density at radius 2 is 2.13 bits per heavy atom. The fraction of sp³-hybridized carbons (Fsp3) is 0.444. The maximum atomic E-state index is 5.92. The molecule has 0 aliphatic heterocycles. The van der Waals surface area contributed by atoms with Gasteiger partial charge in [0.15, 0.2) is 5.15 Å². The van der Waals surface area contributed by atoms with Crippen LogP contribution in [0.15, 0.2) is 6.20 Å². The van der Waals surface area contributed by atoms with Gasteiger partial charge >= 0.3 is 0 Å². The first-order chi connectivity index (χ1) is 7.08. The molecule has 0 aromatic carbocycles. The topological polar surface area (TPSA) is 43.1 Å². The summed E-state index contributed by atoms with van der Waals surface area (Å²) in [6.45, 7) is 4.23. The normalized spacial score (nSPS) is 11.5. The molecule has 0 saturated heterocycles. The van der Waals surface area contributed by atoms with E-state index in [9.17, 15) is 0 Å². The second-order valence-electron chi connectivity index (χ2n) is 3.74. The summed E-state index contributed by atoms with van der Waals surface area (Å²) in [4.78, 5) is 8.11. The molecule has 0 N–H and O–H groups in total. The van der Waals surface area contributed by atoms with Crippen LogP contribution in [0, 0.1) is 5.92 Å². The first-order valence-corrected chi connectivity index (χ1v) is 5.39. The highest BCUT2D eigenvalue weighted by Crippen LogP contribution is 2.18. The fourth-order valence-electron chi connectivity index (χ4n) is 1.38. The lowest BCUT2D eigenvalue weighted by Gasteiger charge is -2.03. The minimum absolute atomic E-state index is 0.135. The van der Waals surface area contributed by atoms with E-state index in [1.165, 1.54) is 0 Å². The van der Waals surface area contributed by atoms with Crippen LogP contribution in [-0.4, -0.2) is 19.6 Å². The smallest absolute Gasteiger partial charge is 0.239 e. The molecule has 0 radical (unpaired) electrons. The van der Waals surface area contributed by atoms with Gasteiger partial charge in [0.25, 0.3) is 0 Å². The quantitative estimate of drug-likeness (QED) is 0.816. The molecule has 2 rings (SSSR count). The molecule has 0 spiro atoms. The monoisotopic (exact) mass is 244 g/mol. The maximum absolute atomic E-state index is 5.92. The first-order valence-electron chi connectivity index (χ1n) is 4.63. The van der Waals surface area contributed by atoms with E-state index in [1.807, 2.05) is 0 Å². The van der Waals surface area contributed by atoms with Crippen LogP contribution in [0.1, 0.15) is 19.7 Å². The molecule has 0 amide bonds. The molecule has 0 aliphatic rings. The van der Waals surface area contributed by atoms with Crippen molar-refractivity contribution in [1.29, 1.82) is 0 Å². The maximum Gasteiger partial charge on any atom is 0.242 e. The zero-order valence-corrected chi connectivity index (χ0v) is 9.92. The molecule has 0 bridgehead atoms. The molecule has 4 nitrogen and oxygen atoms in total. The van der Waals surface area contributed by atoms with Gasteiger partial charge in [-0.15, -0.1) is 5.10 Å². The molecular weight excluding hydrogens is 235 g/mol. The van der Waals surface area contributed by atoms with Crippen molar-refractivity contribution in [3.63, 3.8) is 0 Å². The number of hydrogen-bond acceptors (Lipinski definition) is 3. The molecule has 80 valence electrons. The van der Waals surface area contributed by atoms with Crippen LogP contribution >= 0.6 is 23.2 Å². The molecule has 0 fully saturated rings. The van der Waals surface area contributed by atoms with Crippen LogP contribution in [-0.2, 0) is 6.42 Å². The zero-order valence-electron chi connectivity index (χ0n) is 8.41. The minimum atomic E-state index is 0.135. The molecule has 0 unspecified atom stereocenters. The zero-order chi connectivity index (χ0) is 11.0. The third-order valence-electron chi connectivity index (χ3n) is 1.98. The van der Waals surface area contributed by atoms with Crippen molar-refractivity contribution in [2.24, 2.45) is 5.92 Å². The van der Waals surface area contributed by atoms with Crippen molar-refractivity contribution >= 4 is 28.7 Å². The van der Waals surface area contributed by atoms with Gasteiger partial charge in [0.05, 0.1) is 6.20 Å².